The maximum Gasteiger partial charge on any atom is 0.407 e. The lowest BCUT2D eigenvalue weighted by atomic mass is 9.72. The highest BCUT2D eigenvalue weighted by Gasteiger charge is 2.57. The number of nitrogens with one attached hydrogen (secondary N) is 1. The molecule has 5 heterocycles. The van der Waals surface area contributed by atoms with Gasteiger partial charge in [-0.25, -0.2) is 14.0 Å². The van der Waals surface area contributed by atoms with Gasteiger partial charge in [-0.15, -0.1) is 0 Å². The maximum absolute atomic E-state index is 13.2. The first-order valence-electron chi connectivity index (χ1n) is 8.30. The van der Waals surface area contributed by atoms with Crippen LogP contribution in [0.15, 0.2) is 18.5 Å². The number of carbonyl (C=O) groups is 2. The molecule has 4 saturated heterocycles. The van der Waals surface area contributed by atoms with Gasteiger partial charge >= 0.3 is 12.1 Å². The summed E-state index contributed by atoms with van der Waals surface area (Å²) in [6, 6.07) is 1.50. The van der Waals surface area contributed by atoms with Crippen molar-refractivity contribution in [2.24, 2.45) is 5.41 Å². The summed E-state index contributed by atoms with van der Waals surface area (Å²) in [5.41, 5.74) is 0.527. The van der Waals surface area contributed by atoms with Gasteiger partial charge in [0.05, 0.1) is 31.2 Å². The first kappa shape index (κ1) is 14.7. The van der Waals surface area contributed by atoms with Gasteiger partial charge in [-0.1, -0.05) is 0 Å². The molecule has 1 aromatic heterocycles. The van der Waals surface area contributed by atoms with Crippen molar-refractivity contribution < 1.29 is 18.7 Å². The zero-order valence-corrected chi connectivity index (χ0v) is 13.6. The number of alkyl carbamates (subject to hydrolysis) is 1. The van der Waals surface area contributed by atoms with Crippen molar-refractivity contribution in [1.29, 1.82) is 0 Å². The maximum atomic E-state index is 13.2. The molecule has 4 aliphatic rings. The fourth-order valence-corrected chi connectivity index (χ4v) is 4.30. The van der Waals surface area contributed by atoms with Gasteiger partial charge in [0, 0.05) is 37.7 Å². The number of anilines is 1. The van der Waals surface area contributed by atoms with Crippen LogP contribution in [0.3, 0.4) is 0 Å². The van der Waals surface area contributed by atoms with Crippen LogP contribution in [0.25, 0.3) is 0 Å². The Kier molecular flexibility index (Phi) is 2.79. The smallest absolute Gasteiger partial charge is 0.407 e. The Labute approximate surface area is 143 Å². The van der Waals surface area contributed by atoms with Gasteiger partial charge in [-0.2, -0.15) is 0 Å². The Bertz CT molecular complexity index is 752. The number of amides is 3. The molecule has 25 heavy (non-hydrogen) atoms. The Balaban J connectivity index is 1.12. The average molecular weight is 347 g/mol. The van der Waals surface area contributed by atoms with Crippen LogP contribution < -0.4 is 10.2 Å². The molecular weight excluding hydrogens is 329 g/mol. The molecular formula is C16H18FN5O3. The van der Waals surface area contributed by atoms with Gasteiger partial charge in [-0.3, -0.25) is 4.98 Å². The Hall–Kier alpha value is -2.58. The molecule has 0 unspecified atom stereocenters. The average Bonchev–Trinajstić information content (AvgIpc) is 2.85. The van der Waals surface area contributed by atoms with E-state index < -0.39 is 6.09 Å². The van der Waals surface area contributed by atoms with E-state index in [1.54, 1.807) is 11.1 Å². The summed E-state index contributed by atoms with van der Waals surface area (Å²) in [6.45, 7) is 4.40. The van der Waals surface area contributed by atoms with Gasteiger partial charge in [0.1, 0.15) is 18.0 Å². The molecule has 0 atom stereocenters. The van der Waals surface area contributed by atoms with Crippen LogP contribution in [0.1, 0.15) is 0 Å². The van der Waals surface area contributed by atoms with E-state index in [2.05, 4.69) is 15.2 Å². The molecule has 0 radical (unpaired) electrons. The molecule has 132 valence electrons. The van der Waals surface area contributed by atoms with E-state index >= 15 is 0 Å². The number of hydrogen-bond acceptors (Lipinski definition) is 5. The van der Waals surface area contributed by atoms with Crippen LogP contribution >= 0.6 is 0 Å². The Morgan fingerprint density at radius 1 is 1.16 bits per heavy atom. The highest BCUT2D eigenvalue weighted by atomic mass is 19.1. The molecule has 4 aliphatic heterocycles. The second kappa shape index (κ2) is 4.74. The summed E-state index contributed by atoms with van der Waals surface area (Å²) in [4.78, 5) is 33.2. The summed E-state index contributed by atoms with van der Waals surface area (Å²) in [6.07, 6.45) is 2.45. The van der Waals surface area contributed by atoms with E-state index in [1.165, 1.54) is 12.3 Å². The molecule has 5 rings (SSSR count). The number of urea groups is 1. The van der Waals surface area contributed by atoms with Crippen LogP contribution in [-0.4, -0.2) is 78.3 Å². The number of carbonyl (C=O) groups excluding carboxylic acids is 2. The minimum absolute atomic E-state index is 0.0169. The van der Waals surface area contributed by atoms with Crippen LogP contribution in [0, 0.1) is 11.2 Å². The van der Waals surface area contributed by atoms with Gasteiger partial charge in [0.15, 0.2) is 0 Å². The van der Waals surface area contributed by atoms with Crippen LogP contribution in [0.2, 0.25) is 0 Å². The quantitative estimate of drug-likeness (QED) is 0.788. The molecule has 1 aromatic rings. The predicted octanol–water partition coefficient (Wildman–Crippen LogP) is 0.257. The Morgan fingerprint density at radius 2 is 1.88 bits per heavy atom. The molecule has 9 heteroatoms. The lowest BCUT2D eigenvalue weighted by Crippen LogP contribution is -2.77. The number of hydrogen-bond donors (Lipinski definition) is 1. The summed E-state index contributed by atoms with van der Waals surface area (Å²) in [5.74, 6) is -0.335. The van der Waals surface area contributed by atoms with Crippen LogP contribution in [0.4, 0.5) is 19.7 Å². The van der Waals surface area contributed by atoms with Gasteiger partial charge in [-0.05, 0) is 0 Å². The topological polar surface area (TPSA) is 78.0 Å². The van der Waals surface area contributed by atoms with Gasteiger partial charge in [0.2, 0.25) is 0 Å². The molecule has 0 saturated carbocycles. The number of ether oxygens (including phenoxy) is 1. The molecule has 4 fully saturated rings. The zero-order chi connectivity index (χ0) is 17.2. The summed E-state index contributed by atoms with van der Waals surface area (Å²) in [7, 11) is 0. The Morgan fingerprint density at radius 3 is 2.52 bits per heavy atom. The number of pyridine rings is 1. The molecule has 0 bridgehead atoms. The second-order valence-corrected chi connectivity index (χ2v) is 7.69. The number of halogens is 1. The lowest BCUT2D eigenvalue weighted by Gasteiger charge is -2.62. The number of nitrogens with zero attached hydrogens (tertiary/aromatic N) is 4. The van der Waals surface area contributed by atoms with E-state index in [4.69, 9.17) is 4.74 Å². The van der Waals surface area contributed by atoms with E-state index in [1.807, 2.05) is 4.90 Å². The fraction of sp³-hybridized carbons (Fsp3) is 0.562. The molecule has 8 nitrogen and oxygen atoms in total. The molecule has 3 amide bonds. The standard InChI is InChI=1S/C16H18FN5O3/c17-11-1-12(3-18-2-11)20-4-15(5-20)6-21(7-15)14(24)22-8-16(9-22)10-25-13(23)19-16/h1-3H,4-10H2,(H,19,23). The molecule has 0 aliphatic carbocycles. The number of likely N-dealkylation sites (tertiary alicyclic amines) is 2. The van der Waals surface area contributed by atoms with Gasteiger partial charge in [0.25, 0.3) is 0 Å². The number of rotatable bonds is 1. The SMILES string of the molecule is O=C1NC2(CO1)CN(C(=O)N1CC3(C1)CN(c1cncc(F)c1)C3)C2. The zero-order valence-electron chi connectivity index (χ0n) is 13.6. The van der Waals surface area contributed by atoms with Crippen molar-refractivity contribution in [1.82, 2.24) is 20.1 Å². The van der Waals surface area contributed by atoms with Crippen molar-refractivity contribution in [3.63, 3.8) is 0 Å². The van der Waals surface area contributed by atoms with Crippen molar-refractivity contribution >= 4 is 17.8 Å². The summed E-state index contributed by atoms with van der Waals surface area (Å²) in [5, 5.41) is 2.78. The normalized spacial score (nSPS) is 25.2. The van der Waals surface area contributed by atoms with E-state index in [9.17, 15) is 14.0 Å². The van der Waals surface area contributed by atoms with Crippen molar-refractivity contribution in [2.75, 3.05) is 50.8 Å². The van der Waals surface area contributed by atoms with E-state index in [0.29, 0.717) is 19.7 Å². The van der Waals surface area contributed by atoms with Crippen molar-refractivity contribution in [3.05, 3.63) is 24.3 Å². The van der Waals surface area contributed by atoms with Crippen molar-refractivity contribution in [3.8, 4) is 0 Å². The fourth-order valence-electron chi connectivity index (χ4n) is 4.30. The van der Waals surface area contributed by atoms with Crippen LogP contribution in [0.5, 0.6) is 0 Å². The number of cyclic esters (lactones) is 1. The highest BCUT2D eigenvalue weighted by Crippen LogP contribution is 2.42. The molecule has 1 N–H and O–H groups in total. The second-order valence-electron chi connectivity index (χ2n) is 7.69. The third-order valence-corrected chi connectivity index (χ3v) is 5.54. The number of aromatic nitrogens is 1. The third-order valence-electron chi connectivity index (χ3n) is 5.54. The summed E-state index contributed by atoms with van der Waals surface area (Å²) < 4.78 is 18.2. The van der Waals surface area contributed by atoms with E-state index in [-0.39, 0.29) is 22.8 Å². The minimum atomic E-state index is -0.406. The first-order valence-corrected chi connectivity index (χ1v) is 8.30. The monoisotopic (exact) mass is 347 g/mol. The lowest BCUT2D eigenvalue weighted by molar-refractivity contribution is -0.0229. The van der Waals surface area contributed by atoms with Crippen molar-refractivity contribution in [2.45, 2.75) is 5.54 Å². The summed E-state index contributed by atoms with van der Waals surface area (Å²) >= 11 is 0. The third kappa shape index (κ3) is 2.21. The molecule has 0 aromatic carbocycles. The minimum Gasteiger partial charge on any atom is -0.447 e. The molecule has 2 spiro atoms. The van der Waals surface area contributed by atoms with Gasteiger partial charge < -0.3 is 24.8 Å². The highest BCUT2D eigenvalue weighted by molar-refractivity contribution is 5.79. The largest absolute Gasteiger partial charge is 0.447 e. The first-order chi connectivity index (χ1) is 12.0. The van der Waals surface area contributed by atoms with Crippen LogP contribution in [-0.2, 0) is 4.74 Å². The van der Waals surface area contributed by atoms with E-state index in [0.717, 1.165) is 31.9 Å². The predicted molar refractivity (Wildman–Crippen MR) is 84.6 cm³/mol.